The van der Waals surface area contributed by atoms with Crippen LogP contribution in [0.4, 0.5) is 0 Å². The minimum absolute atomic E-state index is 0.671. The molecule has 0 aliphatic carbocycles. The van der Waals surface area contributed by atoms with Crippen LogP contribution in [0, 0.1) is 0 Å². The number of piperazine rings is 1. The Hall–Kier alpha value is 0.140. The Balaban J connectivity index is 2.48. The highest BCUT2D eigenvalue weighted by molar-refractivity contribution is 9.11. The smallest absolute Gasteiger partial charge is 0.0298 e. The van der Waals surface area contributed by atoms with E-state index in [9.17, 15) is 0 Å². The van der Waals surface area contributed by atoms with Crippen molar-refractivity contribution in [3.8, 4) is 0 Å². The lowest BCUT2D eigenvalue weighted by Crippen LogP contribution is -2.56. The van der Waals surface area contributed by atoms with Gasteiger partial charge in [-0.2, -0.15) is 0 Å². The SMILES string of the molecule is C=C(Br)CN1CC(CCC)NCC1CC. The zero-order valence-corrected chi connectivity index (χ0v) is 11.5. The molecule has 2 unspecified atom stereocenters. The number of nitrogens with one attached hydrogen (secondary N) is 1. The van der Waals surface area contributed by atoms with Crippen LogP contribution in [0.1, 0.15) is 33.1 Å². The van der Waals surface area contributed by atoms with Crippen molar-refractivity contribution in [3.63, 3.8) is 0 Å². The first kappa shape index (κ1) is 13.2. The molecular weight excluding hydrogens is 252 g/mol. The highest BCUT2D eigenvalue weighted by atomic mass is 79.9. The second kappa shape index (κ2) is 6.66. The van der Waals surface area contributed by atoms with Crippen LogP contribution >= 0.6 is 15.9 Å². The van der Waals surface area contributed by atoms with Crippen molar-refractivity contribution >= 4 is 15.9 Å². The molecule has 0 spiro atoms. The third-order valence-electron chi connectivity index (χ3n) is 3.10. The van der Waals surface area contributed by atoms with Crippen LogP contribution in [-0.2, 0) is 0 Å². The van der Waals surface area contributed by atoms with Crippen molar-refractivity contribution in [1.29, 1.82) is 0 Å². The van der Waals surface area contributed by atoms with Gasteiger partial charge in [0.25, 0.3) is 0 Å². The lowest BCUT2D eigenvalue weighted by molar-refractivity contribution is 0.136. The van der Waals surface area contributed by atoms with Gasteiger partial charge in [-0.05, 0) is 12.8 Å². The first-order valence-corrected chi connectivity index (χ1v) is 6.77. The molecule has 0 aromatic rings. The van der Waals surface area contributed by atoms with Gasteiger partial charge in [0.2, 0.25) is 0 Å². The minimum Gasteiger partial charge on any atom is -0.311 e. The highest BCUT2D eigenvalue weighted by Crippen LogP contribution is 2.16. The van der Waals surface area contributed by atoms with Gasteiger partial charge in [0, 0.05) is 36.2 Å². The fourth-order valence-electron chi connectivity index (χ4n) is 2.29. The zero-order chi connectivity index (χ0) is 11.3. The number of nitrogens with zero attached hydrogens (tertiary/aromatic N) is 1. The van der Waals surface area contributed by atoms with Crippen molar-refractivity contribution in [1.82, 2.24) is 10.2 Å². The van der Waals surface area contributed by atoms with Gasteiger partial charge in [0.1, 0.15) is 0 Å². The van der Waals surface area contributed by atoms with E-state index < -0.39 is 0 Å². The summed E-state index contributed by atoms with van der Waals surface area (Å²) in [6.45, 7) is 11.7. The van der Waals surface area contributed by atoms with E-state index >= 15 is 0 Å². The van der Waals surface area contributed by atoms with E-state index in [4.69, 9.17) is 0 Å². The standard InChI is InChI=1S/C12H23BrN2/c1-4-6-11-9-15(8-10(3)13)12(5-2)7-14-11/h11-12,14H,3-9H2,1-2H3. The summed E-state index contributed by atoms with van der Waals surface area (Å²) in [5, 5.41) is 3.64. The molecule has 0 bridgehead atoms. The minimum atomic E-state index is 0.671. The van der Waals surface area contributed by atoms with Gasteiger partial charge < -0.3 is 5.32 Å². The summed E-state index contributed by atoms with van der Waals surface area (Å²) in [5.74, 6) is 0. The van der Waals surface area contributed by atoms with Crippen LogP contribution in [0.3, 0.4) is 0 Å². The molecule has 2 nitrogen and oxygen atoms in total. The lowest BCUT2D eigenvalue weighted by Gasteiger charge is -2.40. The predicted molar refractivity (Wildman–Crippen MR) is 70.4 cm³/mol. The average Bonchev–Trinajstić information content (AvgIpc) is 2.18. The summed E-state index contributed by atoms with van der Waals surface area (Å²) in [7, 11) is 0. The Kier molecular flexibility index (Phi) is 5.87. The molecular formula is C12H23BrN2. The summed E-state index contributed by atoms with van der Waals surface area (Å²) in [5.41, 5.74) is 0. The molecule has 1 N–H and O–H groups in total. The van der Waals surface area contributed by atoms with E-state index in [-0.39, 0.29) is 0 Å². The van der Waals surface area contributed by atoms with Gasteiger partial charge in [-0.1, -0.05) is 42.8 Å². The van der Waals surface area contributed by atoms with Crippen LogP contribution in [0.25, 0.3) is 0 Å². The molecule has 1 heterocycles. The molecule has 88 valence electrons. The number of hydrogen-bond acceptors (Lipinski definition) is 2. The van der Waals surface area contributed by atoms with Gasteiger partial charge >= 0.3 is 0 Å². The highest BCUT2D eigenvalue weighted by Gasteiger charge is 2.25. The second-order valence-electron chi connectivity index (χ2n) is 4.40. The van der Waals surface area contributed by atoms with Gasteiger partial charge in [0.15, 0.2) is 0 Å². The maximum Gasteiger partial charge on any atom is 0.0298 e. The van der Waals surface area contributed by atoms with Crippen molar-refractivity contribution in [2.24, 2.45) is 0 Å². The number of hydrogen-bond donors (Lipinski definition) is 1. The summed E-state index contributed by atoms with van der Waals surface area (Å²) < 4.78 is 1.10. The third-order valence-corrected chi connectivity index (χ3v) is 3.35. The molecule has 1 rings (SSSR count). The molecule has 2 atom stereocenters. The number of rotatable bonds is 5. The molecule has 15 heavy (non-hydrogen) atoms. The topological polar surface area (TPSA) is 15.3 Å². The Morgan fingerprint density at radius 2 is 2.27 bits per heavy atom. The summed E-state index contributed by atoms with van der Waals surface area (Å²) in [4.78, 5) is 2.55. The van der Waals surface area contributed by atoms with Gasteiger partial charge in [0.05, 0.1) is 0 Å². The maximum absolute atomic E-state index is 3.94. The van der Waals surface area contributed by atoms with Crippen molar-refractivity contribution in [2.45, 2.75) is 45.2 Å². The molecule has 0 amide bonds. The summed E-state index contributed by atoms with van der Waals surface area (Å²) in [6.07, 6.45) is 3.76. The zero-order valence-electron chi connectivity index (χ0n) is 9.93. The Morgan fingerprint density at radius 1 is 1.53 bits per heavy atom. The fourth-order valence-corrected chi connectivity index (χ4v) is 2.61. The molecule has 0 aromatic carbocycles. The lowest BCUT2D eigenvalue weighted by atomic mass is 10.0. The van der Waals surface area contributed by atoms with Gasteiger partial charge in [-0.25, -0.2) is 0 Å². The van der Waals surface area contributed by atoms with Crippen LogP contribution in [0.15, 0.2) is 11.1 Å². The third kappa shape index (κ3) is 4.25. The first-order valence-electron chi connectivity index (χ1n) is 5.98. The average molecular weight is 275 g/mol. The van der Waals surface area contributed by atoms with Crippen LogP contribution < -0.4 is 5.32 Å². The van der Waals surface area contributed by atoms with Gasteiger partial charge in [-0.3, -0.25) is 4.90 Å². The van der Waals surface area contributed by atoms with Crippen molar-refractivity contribution in [3.05, 3.63) is 11.1 Å². The van der Waals surface area contributed by atoms with E-state index in [2.05, 4.69) is 46.6 Å². The molecule has 1 fully saturated rings. The van der Waals surface area contributed by atoms with Crippen molar-refractivity contribution in [2.75, 3.05) is 19.6 Å². The van der Waals surface area contributed by atoms with E-state index in [1.165, 1.54) is 19.3 Å². The van der Waals surface area contributed by atoms with E-state index in [0.717, 1.165) is 24.1 Å². The van der Waals surface area contributed by atoms with E-state index in [1.807, 2.05) is 0 Å². The van der Waals surface area contributed by atoms with Crippen molar-refractivity contribution < 1.29 is 0 Å². The Labute approximate surface area is 102 Å². The molecule has 0 radical (unpaired) electrons. The molecule has 0 aromatic heterocycles. The maximum atomic E-state index is 3.94. The first-order chi connectivity index (χ1) is 7.17. The number of halogens is 1. The van der Waals surface area contributed by atoms with E-state index in [1.54, 1.807) is 0 Å². The van der Waals surface area contributed by atoms with Crippen LogP contribution in [0.2, 0.25) is 0 Å². The van der Waals surface area contributed by atoms with Gasteiger partial charge in [-0.15, -0.1) is 0 Å². The van der Waals surface area contributed by atoms with E-state index in [0.29, 0.717) is 12.1 Å². The molecule has 0 saturated carbocycles. The second-order valence-corrected chi connectivity index (χ2v) is 5.52. The predicted octanol–water partition coefficient (Wildman–Crippen LogP) is 2.75. The normalized spacial score (nSPS) is 27.9. The largest absolute Gasteiger partial charge is 0.311 e. The fraction of sp³-hybridized carbons (Fsp3) is 0.833. The Morgan fingerprint density at radius 3 is 2.80 bits per heavy atom. The molecule has 1 aliphatic heterocycles. The molecule has 1 saturated heterocycles. The summed E-state index contributed by atoms with van der Waals surface area (Å²) >= 11 is 3.47. The summed E-state index contributed by atoms with van der Waals surface area (Å²) in [6, 6.07) is 1.34. The van der Waals surface area contributed by atoms with Crippen LogP contribution in [-0.4, -0.2) is 36.6 Å². The molecule has 1 aliphatic rings. The monoisotopic (exact) mass is 274 g/mol. The van der Waals surface area contributed by atoms with Crippen LogP contribution in [0.5, 0.6) is 0 Å². The Bertz CT molecular complexity index is 206. The molecule has 3 heteroatoms. The quantitative estimate of drug-likeness (QED) is 0.830.